The van der Waals surface area contributed by atoms with Crippen LogP contribution in [0.1, 0.15) is 13.3 Å². The van der Waals surface area contributed by atoms with E-state index in [9.17, 15) is 4.79 Å². The molecule has 0 bridgehead atoms. The molecule has 0 aliphatic heterocycles. The second-order valence-electron chi connectivity index (χ2n) is 4.34. The van der Waals surface area contributed by atoms with E-state index in [2.05, 4.69) is 22.3 Å². The zero-order valence-electron chi connectivity index (χ0n) is 11.3. The molecule has 0 aliphatic carbocycles. The lowest BCUT2D eigenvalue weighted by molar-refractivity contribution is -0.115. The van der Waals surface area contributed by atoms with Gasteiger partial charge in [-0.3, -0.25) is 4.79 Å². The number of para-hydroxylation sites is 1. The van der Waals surface area contributed by atoms with Crippen LogP contribution in [-0.2, 0) is 4.79 Å². The highest BCUT2D eigenvalue weighted by Crippen LogP contribution is 2.24. The van der Waals surface area contributed by atoms with E-state index in [-0.39, 0.29) is 5.91 Å². The number of carbonyl (C=O) groups excluding carboxylic acids is 1. The lowest BCUT2D eigenvalue weighted by atomic mass is 10.2. The van der Waals surface area contributed by atoms with Crippen molar-refractivity contribution < 1.29 is 4.79 Å². The van der Waals surface area contributed by atoms with Crippen LogP contribution >= 0.6 is 0 Å². The molecule has 0 saturated heterocycles. The molecule has 0 aromatic heterocycles. The molecule has 3 nitrogen and oxygen atoms in total. The van der Waals surface area contributed by atoms with Crippen LogP contribution in [0.5, 0.6) is 0 Å². The molecule has 0 atom stereocenters. The van der Waals surface area contributed by atoms with Gasteiger partial charge in [0, 0.05) is 30.5 Å². The molecule has 2 aromatic carbocycles. The number of carbonyl (C=O) groups is 1. The third-order valence-electron chi connectivity index (χ3n) is 3.00. The lowest BCUT2D eigenvalue weighted by Crippen LogP contribution is -2.11. The molecular weight excluding hydrogens is 236 g/mol. The summed E-state index contributed by atoms with van der Waals surface area (Å²) in [7, 11) is 2.02. The average molecular weight is 254 g/mol. The van der Waals surface area contributed by atoms with Gasteiger partial charge in [0.1, 0.15) is 0 Å². The van der Waals surface area contributed by atoms with Crippen molar-refractivity contribution >= 4 is 23.0 Å². The van der Waals surface area contributed by atoms with E-state index in [4.69, 9.17) is 0 Å². The van der Waals surface area contributed by atoms with Gasteiger partial charge in [-0.15, -0.1) is 0 Å². The maximum Gasteiger partial charge on any atom is 0.224 e. The van der Waals surface area contributed by atoms with Crippen LogP contribution in [0.4, 0.5) is 17.1 Å². The maximum absolute atomic E-state index is 11.3. The first-order valence-corrected chi connectivity index (χ1v) is 6.39. The van der Waals surface area contributed by atoms with Crippen molar-refractivity contribution in [2.75, 3.05) is 17.3 Å². The molecule has 19 heavy (non-hydrogen) atoms. The maximum atomic E-state index is 11.3. The predicted molar refractivity (Wildman–Crippen MR) is 79.9 cm³/mol. The topological polar surface area (TPSA) is 32.3 Å². The van der Waals surface area contributed by atoms with Crippen molar-refractivity contribution in [1.82, 2.24) is 0 Å². The molecule has 0 unspecified atom stereocenters. The van der Waals surface area contributed by atoms with Crippen LogP contribution in [-0.4, -0.2) is 13.0 Å². The molecule has 1 amide bonds. The summed E-state index contributed by atoms with van der Waals surface area (Å²) in [6.45, 7) is 1.84. The van der Waals surface area contributed by atoms with E-state index in [0.717, 1.165) is 17.1 Å². The van der Waals surface area contributed by atoms with Gasteiger partial charge in [0.05, 0.1) is 0 Å². The van der Waals surface area contributed by atoms with Gasteiger partial charge in [0.2, 0.25) is 5.91 Å². The van der Waals surface area contributed by atoms with Crippen LogP contribution in [0, 0.1) is 0 Å². The molecule has 0 heterocycles. The second kappa shape index (κ2) is 6.05. The lowest BCUT2D eigenvalue weighted by Gasteiger charge is -2.19. The van der Waals surface area contributed by atoms with E-state index < -0.39 is 0 Å². The van der Waals surface area contributed by atoms with Gasteiger partial charge in [-0.1, -0.05) is 25.1 Å². The van der Waals surface area contributed by atoms with E-state index in [1.807, 2.05) is 56.4 Å². The Morgan fingerprint density at radius 2 is 1.58 bits per heavy atom. The number of amides is 1. The standard InChI is InChI=1S/C16H18N2O/c1-3-16(19)17-13-9-11-15(12-10-13)18(2)14-7-5-4-6-8-14/h4-12H,3H2,1-2H3,(H,17,19). The molecule has 3 heteroatoms. The zero-order chi connectivity index (χ0) is 13.7. The van der Waals surface area contributed by atoms with Crippen molar-refractivity contribution in [3.05, 3.63) is 54.6 Å². The minimum Gasteiger partial charge on any atom is -0.345 e. The van der Waals surface area contributed by atoms with E-state index >= 15 is 0 Å². The van der Waals surface area contributed by atoms with Crippen molar-refractivity contribution in [2.24, 2.45) is 0 Å². The predicted octanol–water partition coefficient (Wildman–Crippen LogP) is 3.80. The first-order chi connectivity index (χ1) is 9.20. The summed E-state index contributed by atoms with van der Waals surface area (Å²) in [6, 6.07) is 18.0. The van der Waals surface area contributed by atoms with Crippen LogP contribution in [0.15, 0.2) is 54.6 Å². The van der Waals surface area contributed by atoms with Crippen molar-refractivity contribution in [3.63, 3.8) is 0 Å². The summed E-state index contributed by atoms with van der Waals surface area (Å²) in [5.74, 6) is 0.0316. The Balaban J connectivity index is 2.12. The molecule has 0 radical (unpaired) electrons. The molecule has 2 rings (SSSR count). The monoisotopic (exact) mass is 254 g/mol. The number of rotatable bonds is 4. The van der Waals surface area contributed by atoms with Crippen LogP contribution in [0.3, 0.4) is 0 Å². The third kappa shape index (κ3) is 3.35. The van der Waals surface area contributed by atoms with E-state index in [0.29, 0.717) is 6.42 Å². The molecule has 0 spiro atoms. The van der Waals surface area contributed by atoms with Gasteiger partial charge in [-0.05, 0) is 36.4 Å². The number of benzene rings is 2. The molecule has 0 aliphatic rings. The summed E-state index contributed by atoms with van der Waals surface area (Å²) in [6.07, 6.45) is 0.492. The van der Waals surface area contributed by atoms with Gasteiger partial charge in [-0.25, -0.2) is 0 Å². The minimum atomic E-state index is 0.0316. The highest BCUT2D eigenvalue weighted by molar-refractivity contribution is 5.90. The highest BCUT2D eigenvalue weighted by atomic mass is 16.1. The van der Waals surface area contributed by atoms with Gasteiger partial charge in [-0.2, -0.15) is 0 Å². The van der Waals surface area contributed by atoms with Gasteiger partial charge in [0.25, 0.3) is 0 Å². The minimum absolute atomic E-state index is 0.0316. The number of anilines is 3. The molecule has 0 saturated carbocycles. The van der Waals surface area contributed by atoms with Crippen molar-refractivity contribution in [3.8, 4) is 0 Å². The average Bonchev–Trinajstić information content (AvgIpc) is 2.48. The van der Waals surface area contributed by atoms with Crippen LogP contribution in [0.2, 0.25) is 0 Å². The molecule has 1 N–H and O–H groups in total. The summed E-state index contributed by atoms with van der Waals surface area (Å²) in [5, 5.41) is 2.84. The fourth-order valence-corrected chi connectivity index (χ4v) is 1.82. The Kier molecular flexibility index (Phi) is 4.18. The number of hydrogen-bond donors (Lipinski definition) is 1. The Labute approximate surface area is 113 Å². The third-order valence-corrected chi connectivity index (χ3v) is 3.00. The van der Waals surface area contributed by atoms with E-state index in [1.54, 1.807) is 0 Å². The number of nitrogens with one attached hydrogen (secondary N) is 1. The number of hydrogen-bond acceptors (Lipinski definition) is 2. The summed E-state index contributed by atoms with van der Waals surface area (Å²) in [5.41, 5.74) is 3.05. The highest BCUT2D eigenvalue weighted by Gasteiger charge is 2.04. The Morgan fingerprint density at radius 1 is 1.00 bits per heavy atom. The Hall–Kier alpha value is -2.29. The zero-order valence-corrected chi connectivity index (χ0v) is 11.3. The molecule has 2 aromatic rings. The van der Waals surface area contributed by atoms with Crippen molar-refractivity contribution in [1.29, 1.82) is 0 Å². The fourth-order valence-electron chi connectivity index (χ4n) is 1.82. The second-order valence-corrected chi connectivity index (χ2v) is 4.34. The smallest absolute Gasteiger partial charge is 0.224 e. The SMILES string of the molecule is CCC(=O)Nc1ccc(N(C)c2ccccc2)cc1. The Bertz CT molecular complexity index is 534. The summed E-state index contributed by atoms with van der Waals surface area (Å²) in [4.78, 5) is 13.4. The van der Waals surface area contributed by atoms with Gasteiger partial charge < -0.3 is 10.2 Å². The first-order valence-electron chi connectivity index (χ1n) is 6.39. The number of nitrogens with zero attached hydrogens (tertiary/aromatic N) is 1. The largest absolute Gasteiger partial charge is 0.345 e. The summed E-state index contributed by atoms with van der Waals surface area (Å²) >= 11 is 0. The fraction of sp³-hybridized carbons (Fsp3) is 0.188. The van der Waals surface area contributed by atoms with Crippen LogP contribution in [0.25, 0.3) is 0 Å². The van der Waals surface area contributed by atoms with E-state index in [1.165, 1.54) is 0 Å². The Morgan fingerprint density at radius 3 is 2.16 bits per heavy atom. The molecule has 98 valence electrons. The van der Waals surface area contributed by atoms with Crippen molar-refractivity contribution in [2.45, 2.75) is 13.3 Å². The molecular formula is C16H18N2O. The van der Waals surface area contributed by atoms with Gasteiger partial charge >= 0.3 is 0 Å². The normalized spacial score (nSPS) is 10.0. The molecule has 0 fully saturated rings. The first kappa shape index (κ1) is 13.1. The van der Waals surface area contributed by atoms with Crippen LogP contribution < -0.4 is 10.2 Å². The van der Waals surface area contributed by atoms with Gasteiger partial charge in [0.15, 0.2) is 0 Å². The quantitative estimate of drug-likeness (QED) is 0.900. The summed E-state index contributed by atoms with van der Waals surface area (Å²) < 4.78 is 0.